The molecule has 26 heavy (non-hydrogen) atoms. The van der Waals surface area contributed by atoms with Crippen LogP contribution >= 0.6 is 23.2 Å². The smallest absolute Gasteiger partial charge is 0.330 e. The Hall–Kier alpha value is -2.22. The van der Waals surface area contributed by atoms with Crippen LogP contribution in [0.3, 0.4) is 0 Å². The molecule has 0 fully saturated rings. The van der Waals surface area contributed by atoms with Crippen molar-refractivity contribution in [1.82, 2.24) is 9.55 Å². The Morgan fingerprint density at radius 1 is 1.35 bits per heavy atom. The maximum Gasteiger partial charge on any atom is 0.330 e. The summed E-state index contributed by atoms with van der Waals surface area (Å²) in [5.74, 6) is 0.0470. The third kappa shape index (κ3) is 4.91. The van der Waals surface area contributed by atoms with Crippen LogP contribution in [0.25, 0.3) is 0 Å². The maximum absolute atomic E-state index is 12.5. The molecule has 0 spiro atoms. The first kappa shape index (κ1) is 20.1. The molecule has 0 amide bonds. The van der Waals surface area contributed by atoms with Crippen LogP contribution in [-0.2, 0) is 17.8 Å². The van der Waals surface area contributed by atoms with Crippen molar-refractivity contribution in [1.29, 1.82) is 0 Å². The fourth-order valence-corrected chi connectivity index (χ4v) is 2.74. The first-order valence-electron chi connectivity index (χ1n) is 7.83. The summed E-state index contributed by atoms with van der Waals surface area (Å²) >= 11 is 11.8. The summed E-state index contributed by atoms with van der Waals surface area (Å²) in [5, 5.41) is 0.330. The molecule has 0 saturated heterocycles. The Morgan fingerprint density at radius 3 is 2.65 bits per heavy atom. The number of aromatic amines is 1. The normalized spacial score (nSPS) is 11.6. The molecule has 2 aromatic rings. The Morgan fingerprint density at radius 2 is 2.04 bits per heavy atom. The topological polar surface area (TPSA) is 93.3 Å². The summed E-state index contributed by atoms with van der Waals surface area (Å²) in [7, 11) is 1.51. The van der Waals surface area contributed by atoms with Crippen molar-refractivity contribution < 1.29 is 4.74 Å². The number of hydrogen-bond acceptors (Lipinski definition) is 5. The zero-order valence-corrected chi connectivity index (χ0v) is 15.8. The summed E-state index contributed by atoms with van der Waals surface area (Å²) in [5.41, 5.74) is 7.30. The summed E-state index contributed by atoms with van der Waals surface area (Å²) in [6.07, 6.45) is 0. The number of methoxy groups -OCH3 is 1. The van der Waals surface area contributed by atoms with Gasteiger partial charge < -0.3 is 15.4 Å². The van der Waals surface area contributed by atoms with Gasteiger partial charge in [0.15, 0.2) is 0 Å². The molecule has 3 N–H and O–H groups in total. The second-order valence-corrected chi connectivity index (χ2v) is 6.24. The molecule has 0 radical (unpaired) electrons. The second kappa shape index (κ2) is 9.47. The zero-order chi connectivity index (χ0) is 19.1. The highest BCUT2D eigenvalue weighted by Crippen LogP contribution is 2.21. The molecule has 9 heteroatoms. The predicted molar refractivity (Wildman–Crippen MR) is 105 cm³/mol. The van der Waals surface area contributed by atoms with Crippen LogP contribution in [0, 0.1) is 0 Å². The van der Waals surface area contributed by atoms with Crippen LogP contribution in [-0.4, -0.2) is 29.8 Å². The molecule has 0 atom stereocenters. The summed E-state index contributed by atoms with van der Waals surface area (Å²) in [4.78, 5) is 28.5. The van der Waals surface area contributed by atoms with E-state index in [0.29, 0.717) is 11.6 Å². The van der Waals surface area contributed by atoms with Gasteiger partial charge in [-0.2, -0.15) is 0 Å². The highest BCUT2D eigenvalue weighted by atomic mass is 35.5. The van der Waals surface area contributed by atoms with Crippen molar-refractivity contribution >= 4 is 34.7 Å². The predicted octanol–water partition coefficient (Wildman–Crippen LogP) is 2.09. The molecule has 140 valence electrons. The Balaban J connectivity index is 2.52. The van der Waals surface area contributed by atoms with Crippen molar-refractivity contribution in [2.45, 2.75) is 13.1 Å². The number of aromatic nitrogens is 2. The van der Waals surface area contributed by atoms with Gasteiger partial charge in [-0.3, -0.25) is 14.3 Å². The quantitative estimate of drug-likeness (QED) is 0.709. The average Bonchev–Trinajstić information content (AvgIpc) is 2.62. The number of rotatable bonds is 8. The Labute approximate surface area is 160 Å². The lowest BCUT2D eigenvalue weighted by atomic mass is 10.2. The van der Waals surface area contributed by atoms with E-state index in [9.17, 15) is 9.59 Å². The van der Waals surface area contributed by atoms with Gasteiger partial charge in [-0.05, 0) is 5.56 Å². The van der Waals surface area contributed by atoms with Crippen molar-refractivity contribution in [3.63, 3.8) is 0 Å². The van der Waals surface area contributed by atoms with E-state index in [1.165, 1.54) is 17.2 Å². The van der Waals surface area contributed by atoms with Gasteiger partial charge in [0.1, 0.15) is 11.5 Å². The third-order valence-electron chi connectivity index (χ3n) is 3.73. The van der Waals surface area contributed by atoms with Gasteiger partial charge in [-0.15, -0.1) is 0 Å². The number of benzene rings is 1. The zero-order valence-electron chi connectivity index (χ0n) is 14.2. The van der Waals surface area contributed by atoms with Crippen LogP contribution in [0.5, 0.6) is 0 Å². The minimum Gasteiger partial charge on any atom is -0.383 e. The lowest BCUT2D eigenvalue weighted by Gasteiger charge is -2.26. The van der Waals surface area contributed by atoms with Gasteiger partial charge in [0.2, 0.25) is 0 Å². The van der Waals surface area contributed by atoms with Crippen LogP contribution in [0.2, 0.25) is 0 Å². The number of H-pyrrole nitrogens is 1. The SMILES string of the molecule is COCCn1c(N)c(N(CC(Cl)=CCl)Cc2ccccc2)c(=O)[nH]c1=O. The van der Waals surface area contributed by atoms with Gasteiger partial charge in [-0.1, -0.05) is 53.5 Å². The fourth-order valence-electron chi connectivity index (χ4n) is 2.52. The summed E-state index contributed by atoms with van der Waals surface area (Å²) in [6.45, 7) is 1.01. The monoisotopic (exact) mass is 398 g/mol. The van der Waals surface area contributed by atoms with Crippen molar-refractivity contribution in [3.05, 3.63) is 67.3 Å². The van der Waals surface area contributed by atoms with E-state index in [1.807, 2.05) is 30.3 Å². The number of ether oxygens (including phenoxy) is 1. The van der Waals surface area contributed by atoms with Crippen LogP contribution in [0.1, 0.15) is 5.56 Å². The Kier molecular flexibility index (Phi) is 7.32. The van der Waals surface area contributed by atoms with Crippen LogP contribution in [0.15, 0.2) is 50.5 Å². The van der Waals surface area contributed by atoms with Crippen LogP contribution < -0.4 is 21.9 Å². The van der Waals surface area contributed by atoms with Gasteiger partial charge in [0.25, 0.3) is 5.56 Å². The van der Waals surface area contributed by atoms with E-state index in [2.05, 4.69) is 4.98 Å². The van der Waals surface area contributed by atoms with Gasteiger partial charge >= 0.3 is 5.69 Å². The lowest BCUT2D eigenvalue weighted by Crippen LogP contribution is -2.39. The van der Waals surface area contributed by atoms with Crippen molar-refractivity contribution in [2.75, 3.05) is 30.9 Å². The minimum absolute atomic E-state index is 0.0470. The summed E-state index contributed by atoms with van der Waals surface area (Å²) in [6, 6.07) is 9.50. The van der Waals surface area contributed by atoms with E-state index < -0.39 is 11.2 Å². The lowest BCUT2D eigenvalue weighted by molar-refractivity contribution is 0.186. The third-order valence-corrected chi connectivity index (χ3v) is 4.33. The van der Waals surface area contributed by atoms with E-state index in [4.69, 9.17) is 33.7 Å². The molecule has 2 rings (SSSR count). The number of nitrogen functional groups attached to an aromatic ring is 1. The maximum atomic E-state index is 12.5. The number of hydrogen-bond donors (Lipinski definition) is 2. The summed E-state index contributed by atoms with van der Waals surface area (Å²) < 4.78 is 6.26. The fraction of sp³-hybridized carbons (Fsp3) is 0.294. The number of halogens is 2. The van der Waals surface area contributed by atoms with Crippen molar-refractivity contribution in [3.8, 4) is 0 Å². The number of nitrogens with two attached hydrogens (primary N) is 1. The van der Waals surface area contributed by atoms with Crippen LogP contribution in [0.4, 0.5) is 11.5 Å². The molecule has 0 unspecified atom stereocenters. The highest BCUT2D eigenvalue weighted by Gasteiger charge is 2.20. The van der Waals surface area contributed by atoms with Gasteiger partial charge in [-0.25, -0.2) is 4.79 Å². The highest BCUT2D eigenvalue weighted by molar-refractivity contribution is 6.36. The Bertz CT molecular complexity index is 878. The molecular formula is C17H20Cl2N4O3. The average molecular weight is 399 g/mol. The van der Waals surface area contributed by atoms with E-state index in [-0.39, 0.29) is 31.2 Å². The van der Waals surface area contributed by atoms with Gasteiger partial charge in [0, 0.05) is 24.2 Å². The first-order chi connectivity index (χ1) is 12.5. The number of nitrogens with zero attached hydrogens (tertiary/aromatic N) is 2. The van der Waals surface area contributed by atoms with E-state index in [1.54, 1.807) is 4.90 Å². The molecule has 1 aromatic heterocycles. The molecule has 0 saturated carbocycles. The standard InChI is InChI=1S/C17H20Cl2N4O3/c1-26-8-7-23-15(20)14(16(24)21-17(23)25)22(11-13(19)9-18)10-12-5-3-2-4-6-12/h2-6,9H,7-8,10-11,20H2,1H3,(H,21,24,25). The van der Waals surface area contributed by atoms with E-state index >= 15 is 0 Å². The number of anilines is 2. The molecule has 1 heterocycles. The molecule has 0 bridgehead atoms. The molecule has 0 aliphatic heterocycles. The molecular weight excluding hydrogens is 379 g/mol. The molecule has 0 aliphatic rings. The largest absolute Gasteiger partial charge is 0.383 e. The second-order valence-electron chi connectivity index (χ2n) is 5.54. The minimum atomic E-state index is -0.591. The first-order valence-corrected chi connectivity index (χ1v) is 8.64. The number of nitrogens with one attached hydrogen (secondary N) is 1. The van der Waals surface area contributed by atoms with Crippen molar-refractivity contribution in [2.24, 2.45) is 0 Å². The molecule has 1 aromatic carbocycles. The van der Waals surface area contributed by atoms with E-state index in [0.717, 1.165) is 5.56 Å². The molecule has 7 nitrogen and oxygen atoms in total. The van der Waals surface area contributed by atoms with Gasteiger partial charge in [0.05, 0.1) is 19.7 Å². The molecule has 0 aliphatic carbocycles.